The first-order valence-corrected chi connectivity index (χ1v) is 7.07. The molecule has 1 aromatic heterocycles. The first-order chi connectivity index (χ1) is 10.1. The molecule has 7 nitrogen and oxygen atoms in total. The molecule has 110 valence electrons. The lowest BCUT2D eigenvalue weighted by atomic mass is 9.97. The summed E-state index contributed by atoms with van der Waals surface area (Å²) in [5, 5.41) is 17.6. The molecule has 0 unspecified atom stereocenters. The van der Waals surface area contributed by atoms with E-state index in [1.165, 1.54) is 11.0 Å². The van der Waals surface area contributed by atoms with Crippen LogP contribution < -0.4 is 10.6 Å². The van der Waals surface area contributed by atoms with Gasteiger partial charge in [0.2, 0.25) is 5.91 Å². The maximum absolute atomic E-state index is 12.3. The first kappa shape index (κ1) is 14.0. The number of aromatic nitrogens is 4. The molecule has 21 heavy (non-hydrogen) atoms. The summed E-state index contributed by atoms with van der Waals surface area (Å²) in [7, 11) is 0. The van der Waals surface area contributed by atoms with Crippen LogP contribution in [0.15, 0.2) is 24.5 Å². The van der Waals surface area contributed by atoms with E-state index in [1.54, 1.807) is 18.2 Å². The summed E-state index contributed by atoms with van der Waals surface area (Å²) in [6.45, 7) is 3.61. The Morgan fingerprint density at radius 1 is 1.48 bits per heavy atom. The van der Waals surface area contributed by atoms with E-state index in [2.05, 4.69) is 33.1 Å². The highest BCUT2D eigenvalue weighted by Crippen LogP contribution is 2.26. The highest BCUT2D eigenvalue weighted by atomic mass is 35.5. The number of tetrazole rings is 1. The zero-order chi connectivity index (χ0) is 14.8. The van der Waals surface area contributed by atoms with Crippen LogP contribution in [0.1, 0.15) is 6.92 Å². The smallest absolute Gasteiger partial charge is 0.229 e. The molecule has 0 spiro atoms. The molecular weight excluding hydrogens is 292 g/mol. The normalized spacial score (nSPS) is 21.4. The molecule has 0 radical (unpaired) electrons. The van der Waals surface area contributed by atoms with Crippen LogP contribution in [0.2, 0.25) is 5.02 Å². The number of hydrogen-bond donors (Lipinski definition) is 2. The number of carbonyl (C=O) groups excluding carboxylic acids is 1. The van der Waals surface area contributed by atoms with E-state index in [9.17, 15) is 4.79 Å². The Kier molecular flexibility index (Phi) is 3.85. The van der Waals surface area contributed by atoms with Gasteiger partial charge in [-0.1, -0.05) is 18.5 Å². The largest absolute Gasteiger partial charge is 0.324 e. The van der Waals surface area contributed by atoms with Crippen molar-refractivity contribution in [2.45, 2.75) is 6.92 Å². The average molecular weight is 307 g/mol. The number of nitrogens with zero attached hydrogens (tertiary/aromatic N) is 4. The molecule has 2 atom stereocenters. The minimum Gasteiger partial charge on any atom is -0.324 e. The molecule has 0 aliphatic carbocycles. The highest BCUT2D eigenvalue weighted by molar-refractivity contribution is 6.33. The van der Waals surface area contributed by atoms with Gasteiger partial charge in [-0.05, 0) is 41.1 Å². The lowest BCUT2D eigenvalue weighted by molar-refractivity contribution is -0.120. The Bertz CT molecular complexity index is 644. The van der Waals surface area contributed by atoms with Crippen LogP contribution in [0.3, 0.4) is 0 Å². The maximum atomic E-state index is 12.3. The molecule has 1 saturated heterocycles. The number of benzene rings is 1. The molecule has 1 aliphatic heterocycles. The van der Waals surface area contributed by atoms with Gasteiger partial charge in [0.05, 0.1) is 22.3 Å². The standard InChI is InChI=1S/C13H15ClN6O/c1-8-5-15-6-10(8)13(21)17-12-4-9(2-3-11(12)14)20-7-16-18-19-20/h2-4,7-8,10,15H,5-6H2,1H3,(H,17,21)/t8-,10-/m1/s1. The number of anilines is 1. The molecule has 2 aromatic rings. The van der Waals surface area contributed by atoms with Gasteiger partial charge in [-0.3, -0.25) is 4.79 Å². The third-order valence-electron chi connectivity index (χ3n) is 3.68. The van der Waals surface area contributed by atoms with Gasteiger partial charge in [0.25, 0.3) is 0 Å². The van der Waals surface area contributed by atoms with Crippen molar-refractivity contribution in [3.63, 3.8) is 0 Å². The van der Waals surface area contributed by atoms with Gasteiger partial charge >= 0.3 is 0 Å². The molecule has 0 saturated carbocycles. The fraction of sp³-hybridized carbons (Fsp3) is 0.385. The number of rotatable bonds is 3. The van der Waals surface area contributed by atoms with Crippen molar-refractivity contribution in [1.29, 1.82) is 0 Å². The number of amides is 1. The highest BCUT2D eigenvalue weighted by Gasteiger charge is 2.29. The molecule has 1 aliphatic rings. The van der Waals surface area contributed by atoms with Crippen molar-refractivity contribution in [2.24, 2.45) is 11.8 Å². The predicted octanol–water partition coefficient (Wildman–Crippen LogP) is 1.11. The monoisotopic (exact) mass is 306 g/mol. The second-order valence-corrected chi connectivity index (χ2v) is 5.56. The molecule has 1 amide bonds. The lowest BCUT2D eigenvalue weighted by Gasteiger charge is -2.15. The molecule has 3 rings (SSSR count). The average Bonchev–Trinajstić information content (AvgIpc) is 3.12. The van der Waals surface area contributed by atoms with Gasteiger partial charge in [0.1, 0.15) is 6.33 Å². The van der Waals surface area contributed by atoms with E-state index in [1.807, 2.05) is 0 Å². The zero-order valence-electron chi connectivity index (χ0n) is 11.5. The van der Waals surface area contributed by atoms with Crippen molar-refractivity contribution in [1.82, 2.24) is 25.5 Å². The van der Waals surface area contributed by atoms with Crippen LogP contribution in [-0.4, -0.2) is 39.2 Å². The van der Waals surface area contributed by atoms with E-state index in [-0.39, 0.29) is 11.8 Å². The fourth-order valence-corrected chi connectivity index (χ4v) is 2.58. The second kappa shape index (κ2) is 5.79. The minimum atomic E-state index is -0.0437. The van der Waals surface area contributed by atoms with Crippen molar-refractivity contribution < 1.29 is 4.79 Å². The Labute approximate surface area is 126 Å². The van der Waals surface area contributed by atoms with Crippen LogP contribution in [0.5, 0.6) is 0 Å². The molecule has 1 fully saturated rings. The summed E-state index contributed by atoms with van der Waals surface area (Å²) in [6.07, 6.45) is 1.48. The third-order valence-corrected chi connectivity index (χ3v) is 4.01. The molecule has 2 heterocycles. The summed E-state index contributed by atoms with van der Waals surface area (Å²) < 4.78 is 1.51. The van der Waals surface area contributed by atoms with Gasteiger partial charge in [-0.2, -0.15) is 0 Å². The van der Waals surface area contributed by atoms with E-state index in [0.29, 0.717) is 23.2 Å². The zero-order valence-corrected chi connectivity index (χ0v) is 12.2. The summed E-state index contributed by atoms with van der Waals surface area (Å²) in [6, 6.07) is 5.25. The van der Waals surface area contributed by atoms with E-state index < -0.39 is 0 Å². The summed E-state index contributed by atoms with van der Waals surface area (Å²) in [4.78, 5) is 12.3. The molecule has 2 N–H and O–H groups in total. The quantitative estimate of drug-likeness (QED) is 0.887. The number of nitrogens with one attached hydrogen (secondary N) is 2. The number of halogens is 1. The fourth-order valence-electron chi connectivity index (χ4n) is 2.42. The molecule has 8 heteroatoms. The summed E-state index contributed by atoms with van der Waals surface area (Å²) >= 11 is 6.15. The lowest BCUT2D eigenvalue weighted by Crippen LogP contribution is -2.28. The Morgan fingerprint density at radius 2 is 2.33 bits per heavy atom. The van der Waals surface area contributed by atoms with Gasteiger partial charge in [0.15, 0.2) is 0 Å². The van der Waals surface area contributed by atoms with Crippen LogP contribution in [0.25, 0.3) is 5.69 Å². The van der Waals surface area contributed by atoms with E-state index in [4.69, 9.17) is 11.6 Å². The SMILES string of the molecule is C[C@@H]1CNC[C@H]1C(=O)Nc1cc(-n2cnnn2)ccc1Cl. The van der Waals surface area contributed by atoms with Crippen LogP contribution in [0, 0.1) is 11.8 Å². The Morgan fingerprint density at radius 3 is 3.00 bits per heavy atom. The minimum absolute atomic E-state index is 0.0248. The van der Waals surface area contributed by atoms with Crippen molar-refractivity contribution in [2.75, 3.05) is 18.4 Å². The Hall–Kier alpha value is -1.99. The second-order valence-electron chi connectivity index (χ2n) is 5.15. The van der Waals surface area contributed by atoms with E-state index in [0.717, 1.165) is 12.2 Å². The Balaban J connectivity index is 1.81. The maximum Gasteiger partial charge on any atom is 0.229 e. The van der Waals surface area contributed by atoms with Crippen molar-refractivity contribution >= 4 is 23.2 Å². The van der Waals surface area contributed by atoms with E-state index >= 15 is 0 Å². The summed E-state index contributed by atoms with van der Waals surface area (Å²) in [5.41, 5.74) is 1.30. The first-order valence-electron chi connectivity index (χ1n) is 6.69. The van der Waals surface area contributed by atoms with Crippen molar-refractivity contribution in [3.8, 4) is 5.69 Å². The summed E-state index contributed by atoms with van der Waals surface area (Å²) in [5.74, 6) is 0.243. The molecular formula is C13H15ClN6O. The van der Waals surface area contributed by atoms with Gasteiger partial charge in [0, 0.05) is 6.54 Å². The van der Waals surface area contributed by atoms with Gasteiger partial charge in [-0.25, -0.2) is 4.68 Å². The topological polar surface area (TPSA) is 84.7 Å². The van der Waals surface area contributed by atoms with Gasteiger partial charge in [-0.15, -0.1) is 5.10 Å². The van der Waals surface area contributed by atoms with Crippen LogP contribution in [-0.2, 0) is 4.79 Å². The molecule has 1 aromatic carbocycles. The number of carbonyl (C=O) groups is 1. The van der Waals surface area contributed by atoms with Gasteiger partial charge < -0.3 is 10.6 Å². The van der Waals surface area contributed by atoms with Crippen LogP contribution in [0.4, 0.5) is 5.69 Å². The molecule has 0 bridgehead atoms. The number of hydrogen-bond acceptors (Lipinski definition) is 5. The van der Waals surface area contributed by atoms with Crippen molar-refractivity contribution in [3.05, 3.63) is 29.5 Å². The van der Waals surface area contributed by atoms with Crippen LogP contribution >= 0.6 is 11.6 Å². The predicted molar refractivity (Wildman–Crippen MR) is 78.3 cm³/mol. The third kappa shape index (κ3) is 2.88.